The molecule has 0 bridgehead atoms. The van der Waals surface area contributed by atoms with Crippen molar-refractivity contribution < 1.29 is 10.2 Å². The molecule has 0 saturated heterocycles. The van der Waals surface area contributed by atoms with Gasteiger partial charge in [-0.05, 0) is 24.3 Å². The van der Waals surface area contributed by atoms with Crippen LogP contribution in [0.4, 0.5) is 0 Å². The van der Waals surface area contributed by atoms with Crippen molar-refractivity contribution in [2.45, 2.75) is 33.3 Å². The summed E-state index contributed by atoms with van der Waals surface area (Å²) in [5, 5.41) is 18.6. The van der Waals surface area contributed by atoms with Crippen LogP contribution >= 0.6 is 0 Å². The third-order valence-electron chi connectivity index (χ3n) is 2.86. The summed E-state index contributed by atoms with van der Waals surface area (Å²) in [6.07, 6.45) is 0.105. The summed E-state index contributed by atoms with van der Waals surface area (Å²) >= 11 is 0. The number of hydrogen-bond acceptors (Lipinski definition) is 2. The van der Waals surface area contributed by atoms with Crippen LogP contribution in [-0.4, -0.2) is 22.9 Å². The fraction of sp³-hybridized carbons (Fsp3) is 0.538. The van der Waals surface area contributed by atoms with Crippen molar-refractivity contribution in [3.05, 3.63) is 35.4 Å². The summed E-state index contributed by atoms with van der Waals surface area (Å²) in [6.45, 7) is 5.80. The Bertz CT molecular complexity index is 301. The fourth-order valence-corrected chi connectivity index (χ4v) is 1.60. The molecule has 1 unspecified atom stereocenters. The van der Waals surface area contributed by atoms with Crippen molar-refractivity contribution in [3.63, 3.8) is 0 Å². The lowest BCUT2D eigenvalue weighted by Gasteiger charge is -2.29. The second-order valence-electron chi connectivity index (χ2n) is 4.85. The van der Waals surface area contributed by atoms with Gasteiger partial charge in [0, 0.05) is 0 Å². The van der Waals surface area contributed by atoms with Crippen molar-refractivity contribution >= 4 is 0 Å². The molecule has 0 aliphatic rings. The second-order valence-corrected chi connectivity index (χ2v) is 4.85. The third-order valence-corrected chi connectivity index (χ3v) is 2.86. The average molecular weight is 208 g/mol. The van der Waals surface area contributed by atoms with E-state index in [0.29, 0.717) is 0 Å². The van der Waals surface area contributed by atoms with E-state index in [1.807, 2.05) is 13.8 Å². The van der Waals surface area contributed by atoms with Gasteiger partial charge in [-0.3, -0.25) is 0 Å². The molecule has 0 aliphatic carbocycles. The van der Waals surface area contributed by atoms with Gasteiger partial charge in [0.25, 0.3) is 0 Å². The molecule has 0 saturated carbocycles. The predicted octanol–water partition coefficient (Wildman–Crippen LogP) is 1.92. The predicted molar refractivity (Wildman–Crippen MR) is 61.8 cm³/mol. The van der Waals surface area contributed by atoms with Gasteiger partial charge in [0.1, 0.15) is 0 Å². The third kappa shape index (κ3) is 3.33. The Morgan fingerprint density at radius 2 is 1.73 bits per heavy atom. The monoisotopic (exact) mass is 208 g/mol. The zero-order valence-electron chi connectivity index (χ0n) is 9.70. The van der Waals surface area contributed by atoms with E-state index < -0.39 is 6.10 Å². The summed E-state index contributed by atoms with van der Waals surface area (Å²) in [5.41, 5.74) is 2.14. The van der Waals surface area contributed by atoms with Gasteiger partial charge in [0.15, 0.2) is 0 Å². The van der Waals surface area contributed by atoms with E-state index >= 15 is 0 Å². The highest BCUT2D eigenvalue weighted by Gasteiger charge is 2.27. The van der Waals surface area contributed by atoms with Gasteiger partial charge in [-0.1, -0.05) is 43.7 Å². The summed E-state index contributed by atoms with van der Waals surface area (Å²) in [4.78, 5) is 0. The van der Waals surface area contributed by atoms with Gasteiger partial charge in [0.2, 0.25) is 0 Å². The highest BCUT2D eigenvalue weighted by molar-refractivity contribution is 5.22. The SMILES string of the molecule is Cc1ccc(CC(C)(C)C(O)CO)cc1. The molecule has 0 amide bonds. The molecule has 0 fully saturated rings. The molecular weight excluding hydrogens is 188 g/mol. The molecule has 15 heavy (non-hydrogen) atoms. The molecule has 2 heteroatoms. The Morgan fingerprint density at radius 1 is 1.20 bits per heavy atom. The van der Waals surface area contributed by atoms with Crippen LogP contribution in [0, 0.1) is 12.3 Å². The number of aryl methyl sites for hydroxylation is 1. The first-order valence-electron chi connectivity index (χ1n) is 5.30. The van der Waals surface area contributed by atoms with E-state index in [0.717, 1.165) is 6.42 Å². The van der Waals surface area contributed by atoms with Gasteiger partial charge >= 0.3 is 0 Å². The summed E-state index contributed by atoms with van der Waals surface area (Å²) in [5.74, 6) is 0. The lowest BCUT2D eigenvalue weighted by Crippen LogP contribution is -2.34. The van der Waals surface area contributed by atoms with Crippen LogP contribution in [0.15, 0.2) is 24.3 Å². The standard InChI is InChI=1S/C13H20O2/c1-10-4-6-11(7-5-10)8-13(2,3)12(15)9-14/h4-7,12,14-15H,8-9H2,1-3H3. The first-order valence-corrected chi connectivity index (χ1v) is 5.30. The Morgan fingerprint density at radius 3 is 2.20 bits per heavy atom. The Balaban J connectivity index is 2.72. The molecule has 0 aromatic heterocycles. The molecule has 0 spiro atoms. The molecule has 1 aromatic rings. The van der Waals surface area contributed by atoms with Gasteiger partial charge in [-0.2, -0.15) is 0 Å². The minimum Gasteiger partial charge on any atom is -0.394 e. The average Bonchev–Trinajstić information content (AvgIpc) is 2.20. The molecular formula is C13H20O2. The second kappa shape index (κ2) is 4.77. The molecule has 0 aliphatic heterocycles. The summed E-state index contributed by atoms with van der Waals surface area (Å²) in [7, 11) is 0. The maximum atomic E-state index is 9.65. The van der Waals surface area contributed by atoms with Crippen molar-refractivity contribution in [1.82, 2.24) is 0 Å². The van der Waals surface area contributed by atoms with Crippen LogP contribution in [0.5, 0.6) is 0 Å². The van der Waals surface area contributed by atoms with Crippen LogP contribution < -0.4 is 0 Å². The normalized spacial score (nSPS) is 13.9. The molecule has 2 nitrogen and oxygen atoms in total. The highest BCUT2D eigenvalue weighted by Crippen LogP contribution is 2.26. The van der Waals surface area contributed by atoms with Crippen molar-refractivity contribution in [2.24, 2.45) is 5.41 Å². The Kier molecular flexibility index (Phi) is 3.89. The quantitative estimate of drug-likeness (QED) is 0.793. The van der Waals surface area contributed by atoms with Gasteiger partial charge in [0.05, 0.1) is 12.7 Å². The van der Waals surface area contributed by atoms with E-state index in [1.165, 1.54) is 11.1 Å². The number of benzene rings is 1. The molecule has 1 atom stereocenters. The maximum Gasteiger partial charge on any atom is 0.0824 e. The molecule has 0 heterocycles. The van der Waals surface area contributed by atoms with Crippen molar-refractivity contribution in [1.29, 1.82) is 0 Å². The van der Waals surface area contributed by atoms with Gasteiger partial charge < -0.3 is 10.2 Å². The van der Waals surface area contributed by atoms with E-state index in [2.05, 4.69) is 31.2 Å². The van der Waals surface area contributed by atoms with Crippen LogP contribution in [-0.2, 0) is 6.42 Å². The number of rotatable bonds is 4. The number of aliphatic hydroxyl groups excluding tert-OH is 2. The van der Waals surface area contributed by atoms with Gasteiger partial charge in [-0.15, -0.1) is 0 Å². The smallest absolute Gasteiger partial charge is 0.0824 e. The summed E-state index contributed by atoms with van der Waals surface area (Å²) < 4.78 is 0. The number of aliphatic hydroxyl groups is 2. The van der Waals surface area contributed by atoms with Crippen LogP contribution in [0.1, 0.15) is 25.0 Å². The summed E-state index contributed by atoms with van der Waals surface area (Å²) in [6, 6.07) is 8.27. The minimum atomic E-state index is -0.668. The highest BCUT2D eigenvalue weighted by atomic mass is 16.3. The van der Waals surface area contributed by atoms with Crippen LogP contribution in [0.2, 0.25) is 0 Å². The van der Waals surface area contributed by atoms with Gasteiger partial charge in [-0.25, -0.2) is 0 Å². The van der Waals surface area contributed by atoms with E-state index in [4.69, 9.17) is 5.11 Å². The topological polar surface area (TPSA) is 40.5 Å². The first kappa shape index (κ1) is 12.2. The molecule has 1 rings (SSSR count). The zero-order chi connectivity index (χ0) is 11.5. The largest absolute Gasteiger partial charge is 0.394 e. The Labute approximate surface area is 91.6 Å². The van der Waals surface area contributed by atoms with Crippen molar-refractivity contribution in [3.8, 4) is 0 Å². The molecule has 84 valence electrons. The van der Waals surface area contributed by atoms with Crippen LogP contribution in [0.25, 0.3) is 0 Å². The number of hydrogen-bond donors (Lipinski definition) is 2. The van der Waals surface area contributed by atoms with E-state index in [1.54, 1.807) is 0 Å². The van der Waals surface area contributed by atoms with Crippen molar-refractivity contribution in [2.75, 3.05) is 6.61 Å². The fourth-order valence-electron chi connectivity index (χ4n) is 1.60. The zero-order valence-corrected chi connectivity index (χ0v) is 9.70. The molecule has 1 aromatic carbocycles. The minimum absolute atomic E-state index is 0.182. The molecule has 2 N–H and O–H groups in total. The maximum absolute atomic E-state index is 9.65. The van der Waals surface area contributed by atoms with E-state index in [9.17, 15) is 5.11 Å². The van der Waals surface area contributed by atoms with Crippen LogP contribution in [0.3, 0.4) is 0 Å². The van der Waals surface area contributed by atoms with E-state index in [-0.39, 0.29) is 12.0 Å². The molecule has 0 radical (unpaired) electrons. The first-order chi connectivity index (χ1) is 6.95. The lowest BCUT2D eigenvalue weighted by atomic mass is 9.80. The Hall–Kier alpha value is -0.860. The lowest BCUT2D eigenvalue weighted by molar-refractivity contribution is 0.00380.